The molecule has 2 aromatic heterocycles. The van der Waals surface area contributed by atoms with Gasteiger partial charge in [-0.1, -0.05) is 0 Å². The van der Waals surface area contributed by atoms with Gasteiger partial charge in [-0.3, -0.25) is 0 Å². The minimum absolute atomic E-state index is 0.128. The number of aliphatic hydroxyl groups is 1. The molecule has 2 N–H and O–H groups in total. The van der Waals surface area contributed by atoms with Gasteiger partial charge in [0.15, 0.2) is 0 Å². The first-order chi connectivity index (χ1) is 13.2. The van der Waals surface area contributed by atoms with E-state index in [0.717, 1.165) is 16.6 Å². The number of nitrogens with zero attached hydrogens (tertiary/aromatic N) is 2. The van der Waals surface area contributed by atoms with Crippen LogP contribution in [0.5, 0.6) is 0 Å². The molecule has 1 atom stereocenters. The van der Waals surface area contributed by atoms with Crippen molar-refractivity contribution in [2.24, 2.45) is 0 Å². The number of rotatable bonds is 4. The molecule has 0 radical (unpaired) electrons. The van der Waals surface area contributed by atoms with Gasteiger partial charge in [0.05, 0.1) is 19.8 Å². The van der Waals surface area contributed by atoms with Gasteiger partial charge in [-0.25, -0.2) is 9.78 Å². The summed E-state index contributed by atoms with van der Waals surface area (Å²) in [6.45, 7) is 4.17. The molecule has 8 nitrogen and oxygen atoms in total. The van der Waals surface area contributed by atoms with Crippen molar-refractivity contribution in [2.75, 3.05) is 32.9 Å². The van der Waals surface area contributed by atoms with Gasteiger partial charge in [-0.05, 0) is 25.1 Å². The number of morpholine rings is 1. The standard InChI is InChI=1S/C19H21N3O5/c1-2-26-19(24)15-16(23)14(27-18(15)22-6-8-25-9-7-22)10-12-11-21-17-13(12)4-3-5-20-17/h3-5,10-11,16,23H,2,6-9H2,1H3,(H,20,21)/b14-10-. The van der Waals surface area contributed by atoms with Gasteiger partial charge in [0.2, 0.25) is 5.88 Å². The van der Waals surface area contributed by atoms with Crippen LogP contribution in [0.4, 0.5) is 0 Å². The van der Waals surface area contributed by atoms with Gasteiger partial charge in [-0.15, -0.1) is 0 Å². The summed E-state index contributed by atoms with van der Waals surface area (Å²) in [7, 11) is 0. The van der Waals surface area contributed by atoms with Crippen molar-refractivity contribution in [1.82, 2.24) is 14.9 Å². The second kappa shape index (κ2) is 7.42. The van der Waals surface area contributed by atoms with Crippen molar-refractivity contribution in [3.8, 4) is 0 Å². The molecule has 2 aromatic rings. The Morgan fingerprint density at radius 3 is 3.07 bits per heavy atom. The van der Waals surface area contributed by atoms with Crippen LogP contribution in [0.1, 0.15) is 12.5 Å². The Kier molecular flexibility index (Phi) is 4.83. The molecule has 8 heteroatoms. The smallest absolute Gasteiger partial charge is 0.342 e. The van der Waals surface area contributed by atoms with E-state index in [1.54, 1.807) is 25.4 Å². The average Bonchev–Trinajstić information content (AvgIpc) is 3.25. The Hall–Kier alpha value is -2.84. The maximum absolute atomic E-state index is 12.4. The highest BCUT2D eigenvalue weighted by Gasteiger charge is 2.39. The number of carbonyl (C=O) groups is 1. The van der Waals surface area contributed by atoms with E-state index in [2.05, 4.69) is 9.97 Å². The van der Waals surface area contributed by atoms with Gasteiger partial charge in [0.1, 0.15) is 23.1 Å². The minimum atomic E-state index is -1.19. The molecule has 0 bridgehead atoms. The van der Waals surface area contributed by atoms with Crippen molar-refractivity contribution < 1.29 is 24.1 Å². The quantitative estimate of drug-likeness (QED) is 0.784. The Morgan fingerprint density at radius 1 is 1.48 bits per heavy atom. The predicted molar refractivity (Wildman–Crippen MR) is 97.2 cm³/mol. The lowest BCUT2D eigenvalue weighted by Gasteiger charge is -2.29. The molecule has 1 saturated heterocycles. The number of aromatic amines is 1. The molecule has 1 fully saturated rings. The number of hydrogen-bond acceptors (Lipinski definition) is 7. The second-order valence-electron chi connectivity index (χ2n) is 6.23. The minimum Gasteiger partial charge on any atom is -0.462 e. The van der Waals surface area contributed by atoms with Crippen molar-refractivity contribution in [2.45, 2.75) is 13.0 Å². The molecule has 1 unspecified atom stereocenters. The van der Waals surface area contributed by atoms with Gasteiger partial charge in [-0.2, -0.15) is 0 Å². The van der Waals surface area contributed by atoms with E-state index in [-0.39, 0.29) is 17.9 Å². The van der Waals surface area contributed by atoms with Crippen molar-refractivity contribution in [1.29, 1.82) is 0 Å². The first-order valence-corrected chi connectivity index (χ1v) is 8.92. The number of nitrogens with one attached hydrogen (secondary N) is 1. The first kappa shape index (κ1) is 17.6. The fourth-order valence-corrected chi connectivity index (χ4v) is 3.25. The Morgan fingerprint density at radius 2 is 2.30 bits per heavy atom. The van der Waals surface area contributed by atoms with Crippen LogP contribution >= 0.6 is 0 Å². The normalized spacial score (nSPS) is 21.8. The van der Waals surface area contributed by atoms with Gasteiger partial charge >= 0.3 is 5.97 Å². The number of carbonyl (C=O) groups excluding carboxylic acids is 1. The first-order valence-electron chi connectivity index (χ1n) is 8.92. The summed E-state index contributed by atoms with van der Waals surface area (Å²) in [5, 5.41) is 11.7. The molecule has 4 heterocycles. The van der Waals surface area contributed by atoms with Crippen LogP contribution in [0.25, 0.3) is 17.1 Å². The molecule has 0 spiro atoms. The van der Waals surface area contributed by atoms with E-state index in [1.165, 1.54) is 0 Å². The molecule has 2 aliphatic rings. The molecule has 4 rings (SSSR count). The maximum atomic E-state index is 12.4. The third-order valence-electron chi connectivity index (χ3n) is 4.56. The summed E-state index contributed by atoms with van der Waals surface area (Å²) >= 11 is 0. The highest BCUT2D eigenvalue weighted by Crippen LogP contribution is 2.34. The molecule has 0 amide bonds. The lowest BCUT2D eigenvalue weighted by atomic mass is 10.1. The Balaban J connectivity index is 1.69. The van der Waals surface area contributed by atoms with Crippen molar-refractivity contribution >= 4 is 23.1 Å². The number of hydrogen-bond donors (Lipinski definition) is 2. The zero-order chi connectivity index (χ0) is 18.8. The molecule has 27 heavy (non-hydrogen) atoms. The number of ether oxygens (including phenoxy) is 3. The Labute approximate surface area is 156 Å². The van der Waals surface area contributed by atoms with Crippen molar-refractivity contribution in [3.63, 3.8) is 0 Å². The molecule has 0 saturated carbocycles. The summed E-state index contributed by atoms with van der Waals surface area (Å²) in [6.07, 6.45) is 4.02. The summed E-state index contributed by atoms with van der Waals surface area (Å²) in [6, 6.07) is 3.76. The molecule has 2 aliphatic heterocycles. The SMILES string of the molecule is CCOC(=O)C1=C(N2CCOCC2)O/C(=C\c2c[nH]c3ncccc23)C1O. The van der Waals surface area contributed by atoms with Crippen LogP contribution in [0.15, 0.2) is 41.7 Å². The molecular weight excluding hydrogens is 350 g/mol. The number of aliphatic hydroxyl groups excluding tert-OH is 1. The van der Waals surface area contributed by atoms with Gasteiger partial charge in [0, 0.05) is 36.4 Å². The van der Waals surface area contributed by atoms with Crippen LogP contribution in [0, 0.1) is 0 Å². The third kappa shape index (κ3) is 3.29. The van der Waals surface area contributed by atoms with E-state index in [9.17, 15) is 9.90 Å². The van der Waals surface area contributed by atoms with Crippen LogP contribution in [-0.2, 0) is 19.0 Å². The lowest BCUT2D eigenvalue weighted by molar-refractivity contribution is -0.139. The highest BCUT2D eigenvalue weighted by molar-refractivity contribution is 5.93. The zero-order valence-electron chi connectivity index (χ0n) is 15.0. The van der Waals surface area contributed by atoms with E-state index < -0.39 is 12.1 Å². The zero-order valence-corrected chi connectivity index (χ0v) is 15.0. The number of esters is 1. The topological polar surface area (TPSA) is 96.9 Å². The van der Waals surface area contributed by atoms with Crippen LogP contribution in [0.3, 0.4) is 0 Å². The summed E-state index contributed by atoms with van der Waals surface area (Å²) in [5.74, 6) is 0.0493. The van der Waals surface area contributed by atoms with Crippen LogP contribution in [0.2, 0.25) is 0 Å². The van der Waals surface area contributed by atoms with Crippen molar-refractivity contribution in [3.05, 3.63) is 47.3 Å². The van der Waals surface area contributed by atoms with Gasteiger partial charge < -0.3 is 29.2 Å². The summed E-state index contributed by atoms with van der Waals surface area (Å²) < 4.78 is 16.4. The number of fused-ring (bicyclic) bond motifs is 1. The monoisotopic (exact) mass is 371 g/mol. The fourth-order valence-electron chi connectivity index (χ4n) is 3.25. The number of H-pyrrole nitrogens is 1. The molecule has 142 valence electrons. The predicted octanol–water partition coefficient (Wildman–Crippen LogP) is 1.40. The number of pyridine rings is 1. The average molecular weight is 371 g/mol. The molecule has 0 aromatic carbocycles. The van der Waals surface area contributed by atoms with E-state index in [0.29, 0.717) is 32.2 Å². The van der Waals surface area contributed by atoms with E-state index >= 15 is 0 Å². The molecular formula is C19H21N3O5. The molecule has 0 aliphatic carbocycles. The summed E-state index contributed by atoms with van der Waals surface area (Å²) in [5.41, 5.74) is 1.69. The lowest BCUT2D eigenvalue weighted by Crippen LogP contribution is -2.37. The number of aromatic nitrogens is 2. The van der Waals surface area contributed by atoms with E-state index in [1.807, 2.05) is 17.0 Å². The Bertz CT molecular complexity index is 911. The van der Waals surface area contributed by atoms with Crippen LogP contribution in [-0.4, -0.2) is 65.0 Å². The largest absolute Gasteiger partial charge is 0.462 e. The van der Waals surface area contributed by atoms with Crippen LogP contribution < -0.4 is 0 Å². The highest BCUT2D eigenvalue weighted by atomic mass is 16.5. The fraction of sp³-hybridized carbons (Fsp3) is 0.368. The maximum Gasteiger partial charge on any atom is 0.342 e. The van der Waals surface area contributed by atoms with E-state index in [4.69, 9.17) is 14.2 Å². The summed E-state index contributed by atoms with van der Waals surface area (Å²) in [4.78, 5) is 21.7. The second-order valence-corrected chi connectivity index (χ2v) is 6.23. The third-order valence-corrected chi connectivity index (χ3v) is 4.56. The van der Waals surface area contributed by atoms with Gasteiger partial charge in [0.25, 0.3) is 0 Å².